The Balaban J connectivity index is 1.60. The van der Waals surface area contributed by atoms with Crippen LogP contribution in [0.25, 0.3) is 16.2 Å². The maximum absolute atomic E-state index is 12.7. The monoisotopic (exact) mass is 383 g/mol. The number of aryl methyl sites for hydroxylation is 1. The van der Waals surface area contributed by atoms with Crippen molar-refractivity contribution in [1.29, 1.82) is 0 Å². The summed E-state index contributed by atoms with van der Waals surface area (Å²) in [5, 5.41) is 1.98. The number of benzene rings is 2. The second-order valence-corrected chi connectivity index (χ2v) is 8.39. The first-order valence-electron chi connectivity index (χ1n) is 8.20. The largest absolute Gasteiger partial charge is 0.297 e. The summed E-state index contributed by atoms with van der Waals surface area (Å²) in [4.78, 5) is 5.81. The summed E-state index contributed by atoms with van der Waals surface area (Å²) < 4.78 is 30.0. The van der Waals surface area contributed by atoms with E-state index in [-0.39, 0.29) is 0 Å². The highest BCUT2D eigenvalue weighted by Gasteiger charge is 2.17. The Labute approximate surface area is 156 Å². The maximum Gasteiger partial charge on any atom is 0.262 e. The lowest BCUT2D eigenvalue weighted by atomic mass is 10.1. The van der Waals surface area contributed by atoms with Gasteiger partial charge in [-0.15, -0.1) is 11.3 Å². The zero-order chi connectivity index (χ0) is 18.1. The average Bonchev–Trinajstić information content (AvgIpc) is 3.24. The lowest BCUT2D eigenvalue weighted by molar-refractivity contribution is 0.600. The van der Waals surface area contributed by atoms with Crippen molar-refractivity contribution >= 4 is 32.0 Å². The fourth-order valence-corrected chi connectivity index (χ4v) is 4.92. The molecular weight excluding hydrogens is 366 g/mol. The highest BCUT2D eigenvalue weighted by atomic mass is 32.2. The van der Waals surface area contributed by atoms with Crippen molar-refractivity contribution in [2.24, 2.45) is 0 Å². The van der Waals surface area contributed by atoms with Crippen LogP contribution in [-0.2, 0) is 16.4 Å². The van der Waals surface area contributed by atoms with Gasteiger partial charge in [-0.1, -0.05) is 37.3 Å². The summed E-state index contributed by atoms with van der Waals surface area (Å²) in [6, 6.07) is 14.3. The minimum absolute atomic E-state index is 0.320. The van der Waals surface area contributed by atoms with Gasteiger partial charge in [0, 0.05) is 29.0 Å². The van der Waals surface area contributed by atoms with Gasteiger partial charge < -0.3 is 0 Å². The van der Waals surface area contributed by atoms with Gasteiger partial charge in [0.25, 0.3) is 10.0 Å². The topological polar surface area (TPSA) is 63.5 Å². The van der Waals surface area contributed by atoms with Crippen molar-refractivity contribution in [2.75, 3.05) is 4.72 Å². The molecule has 7 heteroatoms. The summed E-state index contributed by atoms with van der Waals surface area (Å²) in [6.07, 6.45) is 4.58. The SMILES string of the molecule is CCc1ccccc1S(=O)(=O)Nc1ccc(-c2cn3ccsc3n2)cc1. The van der Waals surface area contributed by atoms with Crippen LogP contribution in [0.5, 0.6) is 0 Å². The summed E-state index contributed by atoms with van der Waals surface area (Å²) in [6.45, 7) is 1.94. The van der Waals surface area contributed by atoms with E-state index >= 15 is 0 Å². The maximum atomic E-state index is 12.7. The summed E-state index contributed by atoms with van der Waals surface area (Å²) >= 11 is 1.58. The van der Waals surface area contributed by atoms with Crippen LogP contribution in [0, 0.1) is 0 Å². The van der Waals surface area contributed by atoms with Gasteiger partial charge in [0.05, 0.1) is 10.6 Å². The minimum Gasteiger partial charge on any atom is -0.297 e. The first kappa shape index (κ1) is 16.8. The van der Waals surface area contributed by atoms with Gasteiger partial charge in [0.1, 0.15) is 0 Å². The van der Waals surface area contributed by atoms with E-state index in [2.05, 4.69) is 9.71 Å². The van der Waals surface area contributed by atoms with E-state index in [0.29, 0.717) is 17.0 Å². The van der Waals surface area contributed by atoms with Crippen LogP contribution in [0.3, 0.4) is 0 Å². The predicted molar refractivity (Wildman–Crippen MR) is 105 cm³/mol. The Hall–Kier alpha value is -2.64. The highest BCUT2D eigenvalue weighted by molar-refractivity contribution is 7.92. The Bertz CT molecular complexity index is 1130. The van der Waals surface area contributed by atoms with E-state index in [1.807, 2.05) is 53.4 Å². The van der Waals surface area contributed by atoms with Gasteiger partial charge >= 0.3 is 0 Å². The molecule has 0 spiro atoms. The molecule has 0 saturated heterocycles. The van der Waals surface area contributed by atoms with E-state index < -0.39 is 10.0 Å². The molecule has 0 amide bonds. The second-order valence-electron chi connectivity index (χ2n) is 5.86. The molecule has 2 heterocycles. The number of nitrogens with zero attached hydrogens (tertiary/aromatic N) is 2. The molecule has 132 valence electrons. The molecule has 0 unspecified atom stereocenters. The standard InChI is InChI=1S/C19H17N3O2S2/c1-2-14-5-3-4-6-18(14)26(23,24)21-16-9-7-15(8-10-16)17-13-22-11-12-25-19(22)20-17/h3-13,21H,2H2,1H3. The number of anilines is 1. The first-order valence-corrected chi connectivity index (χ1v) is 10.6. The van der Waals surface area contributed by atoms with Gasteiger partial charge in [0.15, 0.2) is 4.96 Å². The van der Waals surface area contributed by atoms with Crippen LogP contribution in [0.1, 0.15) is 12.5 Å². The van der Waals surface area contributed by atoms with E-state index in [1.54, 1.807) is 35.6 Å². The van der Waals surface area contributed by atoms with Crippen LogP contribution in [0.4, 0.5) is 5.69 Å². The molecule has 5 nitrogen and oxygen atoms in total. The van der Waals surface area contributed by atoms with Gasteiger partial charge in [-0.05, 0) is 30.2 Å². The van der Waals surface area contributed by atoms with E-state index in [0.717, 1.165) is 21.8 Å². The van der Waals surface area contributed by atoms with Crippen molar-refractivity contribution in [2.45, 2.75) is 18.2 Å². The van der Waals surface area contributed by atoms with E-state index in [9.17, 15) is 8.42 Å². The molecule has 0 radical (unpaired) electrons. The Morgan fingerprint density at radius 3 is 2.62 bits per heavy atom. The number of imidazole rings is 1. The Kier molecular flexibility index (Phi) is 4.26. The van der Waals surface area contributed by atoms with Crippen molar-refractivity contribution in [1.82, 2.24) is 9.38 Å². The van der Waals surface area contributed by atoms with E-state index in [4.69, 9.17) is 0 Å². The van der Waals surface area contributed by atoms with Crippen LogP contribution < -0.4 is 4.72 Å². The van der Waals surface area contributed by atoms with Gasteiger partial charge in [0.2, 0.25) is 0 Å². The van der Waals surface area contributed by atoms with Gasteiger partial charge in [-0.3, -0.25) is 9.12 Å². The zero-order valence-corrected chi connectivity index (χ0v) is 15.7. The molecule has 0 aliphatic rings. The highest BCUT2D eigenvalue weighted by Crippen LogP contribution is 2.25. The lowest BCUT2D eigenvalue weighted by Crippen LogP contribution is -2.14. The Morgan fingerprint density at radius 1 is 1.12 bits per heavy atom. The molecule has 4 rings (SSSR count). The van der Waals surface area contributed by atoms with Gasteiger partial charge in [-0.25, -0.2) is 13.4 Å². The number of aromatic nitrogens is 2. The van der Waals surface area contributed by atoms with Crippen molar-refractivity contribution < 1.29 is 8.42 Å². The Morgan fingerprint density at radius 2 is 1.88 bits per heavy atom. The van der Waals surface area contributed by atoms with Crippen molar-refractivity contribution in [3.63, 3.8) is 0 Å². The zero-order valence-electron chi connectivity index (χ0n) is 14.1. The second kappa shape index (κ2) is 6.59. The third kappa shape index (κ3) is 3.11. The quantitative estimate of drug-likeness (QED) is 0.555. The van der Waals surface area contributed by atoms with Crippen LogP contribution in [0.15, 0.2) is 71.2 Å². The molecule has 0 atom stereocenters. The normalized spacial score (nSPS) is 11.7. The number of sulfonamides is 1. The number of hydrogen-bond donors (Lipinski definition) is 1. The van der Waals surface area contributed by atoms with Crippen LogP contribution in [0.2, 0.25) is 0 Å². The first-order chi connectivity index (χ1) is 12.6. The molecule has 26 heavy (non-hydrogen) atoms. The fraction of sp³-hybridized carbons (Fsp3) is 0.105. The molecule has 1 N–H and O–H groups in total. The average molecular weight is 383 g/mol. The molecule has 2 aromatic carbocycles. The summed E-state index contributed by atoms with van der Waals surface area (Å²) in [5.41, 5.74) is 3.13. The number of hydrogen-bond acceptors (Lipinski definition) is 4. The molecule has 0 aliphatic heterocycles. The fourth-order valence-electron chi connectivity index (χ4n) is 2.84. The van der Waals surface area contributed by atoms with Crippen molar-refractivity contribution in [3.8, 4) is 11.3 Å². The number of rotatable bonds is 5. The van der Waals surface area contributed by atoms with Crippen LogP contribution >= 0.6 is 11.3 Å². The summed E-state index contributed by atoms with van der Waals surface area (Å²) in [5.74, 6) is 0. The number of thiazole rings is 1. The van der Waals surface area contributed by atoms with Crippen molar-refractivity contribution in [3.05, 3.63) is 71.9 Å². The lowest BCUT2D eigenvalue weighted by Gasteiger charge is -2.11. The minimum atomic E-state index is -3.61. The summed E-state index contributed by atoms with van der Waals surface area (Å²) in [7, 11) is -3.61. The molecule has 0 aliphatic carbocycles. The smallest absolute Gasteiger partial charge is 0.262 e. The molecule has 0 fully saturated rings. The van der Waals surface area contributed by atoms with Crippen LogP contribution in [-0.4, -0.2) is 17.8 Å². The predicted octanol–water partition coefficient (Wildman–Crippen LogP) is 4.43. The number of nitrogens with one attached hydrogen (secondary N) is 1. The third-order valence-corrected chi connectivity index (χ3v) is 6.42. The molecule has 4 aromatic rings. The molecular formula is C19H17N3O2S2. The molecule has 2 aromatic heterocycles. The van der Waals surface area contributed by atoms with E-state index in [1.165, 1.54) is 0 Å². The number of fused-ring (bicyclic) bond motifs is 1. The third-order valence-electron chi connectivity index (χ3n) is 4.17. The van der Waals surface area contributed by atoms with Gasteiger partial charge in [-0.2, -0.15) is 0 Å². The molecule has 0 bridgehead atoms. The molecule has 0 saturated carbocycles.